The van der Waals surface area contributed by atoms with Crippen LogP contribution in [0.4, 0.5) is 5.69 Å². The van der Waals surface area contributed by atoms with Gasteiger partial charge in [-0.2, -0.15) is 0 Å². The van der Waals surface area contributed by atoms with E-state index in [9.17, 15) is 5.11 Å². The molecular weight excluding hydrogens is 500 g/mol. The zero-order valence-corrected chi connectivity index (χ0v) is 23.8. The zero-order valence-electron chi connectivity index (χ0n) is 21.3. The molecule has 35 heavy (non-hydrogen) atoms. The quantitative estimate of drug-likeness (QED) is 0.0830. The van der Waals surface area contributed by atoms with Gasteiger partial charge < -0.3 is 14.7 Å². The van der Waals surface area contributed by atoms with Crippen LogP contribution < -0.4 is 9.56 Å². The predicted molar refractivity (Wildman–Crippen MR) is 152 cm³/mol. The third-order valence-corrected chi connectivity index (χ3v) is 7.43. The molecule has 0 aromatic heterocycles. The van der Waals surface area contributed by atoms with Crippen LogP contribution in [0.5, 0.6) is 11.5 Å². The Bertz CT molecular complexity index is 830. The molecule has 2 aromatic rings. The van der Waals surface area contributed by atoms with Gasteiger partial charge in [-0.05, 0) is 42.7 Å². The average molecular weight is 543 g/mol. The van der Waals surface area contributed by atoms with E-state index in [4.69, 9.17) is 32.8 Å². The second-order valence-electron chi connectivity index (χ2n) is 9.22. The monoisotopic (exact) mass is 541 g/mol. The summed E-state index contributed by atoms with van der Waals surface area (Å²) in [5.41, 5.74) is 2.00. The highest BCUT2D eigenvalue weighted by Crippen LogP contribution is 2.38. The molecule has 0 aliphatic rings. The first-order valence-electron chi connectivity index (χ1n) is 13.1. The summed E-state index contributed by atoms with van der Waals surface area (Å²) in [5, 5.41) is 10.1. The molecule has 0 bridgehead atoms. The number of phenols is 1. The second-order valence-corrected chi connectivity index (χ2v) is 11.0. The number of unbranched alkanes of at least 4 members (excludes halogenated alkanes) is 12. The van der Waals surface area contributed by atoms with Crippen LogP contribution >= 0.6 is 32.2 Å². The van der Waals surface area contributed by atoms with Crippen molar-refractivity contribution in [1.82, 2.24) is 0 Å². The lowest BCUT2D eigenvalue weighted by Gasteiger charge is -2.18. The number of hydrogen-bond donors (Lipinski definition) is 1. The summed E-state index contributed by atoms with van der Waals surface area (Å²) in [7, 11) is 1.75. The van der Waals surface area contributed by atoms with Gasteiger partial charge in [-0.15, -0.1) is 4.67 Å². The minimum Gasteiger partial charge on any atom is -0.505 e. The van der Waals surface area contributed by atoms with Crippen molar-refractivity contribution < 1.29 is 14.7 Å². The number of halogens is 2. The van der Waals surface area contributed by atoms with E-state index in [1.165, 1.54) is 89.0 Å². The molecule has 1 N–H and O–H groups in total. The fraction of sp³-hybridized carbons (Fsp3) is 0.571. The van der Waals surface area contributed by atoms with Crippen molar-refractivity contribution in [3.63, 3.8) is 0 Å². The van der Waals surface area contributed by atoms with Crippen LogP contribution in [0.25, 0.3) is 0 Å². The van der Waals surface area contributed by atoms with Crippen LogP contribution in [-0.2, 0) is 11.1 Å². The molecule has 0 aliphatic heterocycles. The number of hydrogen-bond acceptors (Lipinski definition) is 4. The molecule has 1 unspecified atom stereocenters. The molecule has 1 atom stereocenters. The van der Waals surface area contributed by atoms with Crippen molar-refractivity contribution in [3.8, 4) is 11.5 Å². The topological polar surface area (TPSA) is 41.9 Å². The van der Waals surface area contributed by atoms with Crippen LogP contribution in [-0.4, -0.2) is 12.2 Å². The molecule has 0 fully saturated rings. The second kappa shape index (κ2) is 18.1. The van der Waals surface area contributed by atoms with Crippen molar-refractivity contribution in [1.29, 1.82) is 0 Å². The van der Waals surface area contributed by atoms with Crippen molar-refractivity contribution >= 4 is 37.8 Å². The standard InChI is InChI=1S/C28H42Cl2NO3P/c1-3-4-5-6-7-8-9-10-11-12-13-14-15-17-23-18-16-19-25(20-23)33-34-35-31(2)24-21-26(29)28(32)27(30)22-24/h16,18-22,32,35H,3-15,17H2,1-2H3. The van der Waals surface area contributed by atoms with E-state index in [0.717, 1.165) is 12.1 Å². The number of rotatable bonds is 19. The van der Waals surface area contributed by atoms with Crippen LogP contribution in [0.1, 0.15) is 96.0 Å². The summed E-state index contributed by atoms with van der Waals surface area (Å²) in [4.78, 5) is 5.50. The summed E-state index contributed by atoms with van der Waals surface area (Å²) in [6.45, 7) is 2.28. The summed E-state index contributed by atoms with van der Waals surface area (Å²) < 4.78 is 7.24. The normalized spacial score (nSPS) is 11.4. The lowest BCUT2D eigenvalue weighted by molar-refractivity contribution is -0.0844. The maximum atomic E-state index is 9.70. The van der Waals surface area contributed by atoms with Crippen LogP contribution in [0, 0.1) is 0 Å². The Kier molecular flexibility index (Phi) is 15.5. The van der Waals surface area contributed by atoms with Crippen LogP contribution in [0.2, 0.25) is 10.0 Å². The van der Waals surface area contributed by atoms with Gasteiger partial charge in [0.15, 0.2) is 20.5 Å². The van der Waals surface area contributed by atoms with Gasteiger partial charge in [0.25, 0.3) is 0 Å². The Morgan fingerprint density at radius 3 is 1.91 bits per heavy atom. The zero-order chi connectivity index (χ0) is 25.3. The molecule has 196 valence electrons. The van der Waals surface area contributed by atoms with Gasteiger partial charge in [-0.25, -0.2) is 0 Å². The van der Waals surface area contributed by atoms with Gasteiger partial charge in [0.1, 0.15) is 0 Å². The SMILES string of the molecule is CCCCCCCCCCCCCCCc1cccc(OOPN(C)c2cc(Cl)c(O)c(Cl)c2)c1. The smallest absolute Gasteiger partial charge is 0.172 e. The molecule has 0 radical (unpaired) electrons. The summed E-state index contributed by atoms with van der Waals surface area (Å²) in [6, 6.07) is 11.3. The van der Waals surface area contributed by atoms with Gasteiger partial charge in [0.05, 0.1) is 10.0 Å². The van der Waals surface area contributed by atoms with E-state index in [1.807, 2.05) is 29.9 Å². The number of benzene rings is 2. The van der Waals surface area contributed by atoms with Crippen LogP contribution in [0.3, 0.4) is 0 Å². The first-order valence-corrected chi connectivity index (χ1v) is 14.7. The molecule has 7 heteroatoms. The van der Waals surface area contributed by atoms with Gasteiger partial charge >= 0.3 is 0 Å². The van der Waals surface area contributed by atoms with Gasteiger partial charge in [-0.1, -0.05) is 119 Å². The first-order chi connectivity index (χ1) is 17.0. The van der Waals surface area contributed by atoms with Crippen molar-refractivity contribution in [2.45, 2.75) is 96.8 Å². The number of aromatic hydroxyl groups is 1. The molecule has 2 aromatic carbocycles. The highest BCUT2D eigenvalue weighted by molar-refractivity contribution is 7.34. The Balaban J connectivity index is 1.55. The van der Waals surface area contributed by atoms with Gasteiger partial charge in [0.2, 0.25) is 0 Å². The Morgan fingerprint density at radius 2 is 1.34 bits per heavy atom. The maximum absolute atomic E-state index is 9.70. The molecule has 2 rings (SSSR count). The van der Waals surface area contributed by atoms with Crippen molar-refractivity contribution in [2.24, 2.45) is 0 Å². The predicted octanol–water partition coefficient (Wildman–Crippen LogP) is 10.3. The van der Waals surface area contributed by atoms with Crippen LogP contribution in [0.15, 0.2) is 36.4 Å². The number of anilines is 1. The lowest BCUT2D eigenvalue weighted by atomic mass is 10.0. The molecule has 0 aliphatic carbocycles. The Morgan fingerprint density at radius 1 is 0.800 bits per heavy atom. The summed E-state index contributed by atoms with van der Waals surface area (Å²) >= 11 is 12.0. The Hall–Kier alpha value is -1.19. The summed E-state index contributed by atoms with van der Waals surface area (Å²) in [6.07, 6.45) is 18.8. The van der Waals surface area contributed by atoms with Gasteiger partial charge in [-0.3, -0.25) is 0 Å². The van der Waals surface area contributed by atoms with Gasteiger partial charge in [0, 0.05) is 12.7 Å². The fourth-order valence-corrected chi connectivity index (χ4v) is 4.98. The van der Waals surface area contributed by atoms with E-state index < -0.39 is 0 Å². The highest BCUT2D eigenvalue weighted by atomic mass is 35.5. The molecule has 0 amide bonds. The highest BCUT2D eigenvalue weighted by Gasteiger charge is 2.10. The molecule has 0 spiro atoms. The molecular formula is C28H42Cl2NO3P. The van der Waals surface area contributed by atoms with Crippen molar-refractivity contribution in [3.05, 3.63) is 52.0 Å². The van der Waals surface area contributed by atoms with E-state index in [1.54, 1.807) is 12.1 Å². The molecule has 4 nitrogen and oxygen atoms in total. The van der Waals surface area contributed by atoms with E-state index in [0.29, 0.717) is 5.75 Å². The van der Waals surface area contributed by atoms with E-state index in [-0.39, 0.29) is 24.8 Å². The molecule has 0 saturated carbocycles. The van der Waals surface area contributed by atoms with E-state index in [2.05, 4.69) is 13.0 Å². The van der Waals surface area contributed by atoms with E-state index >= 15 is 0 Å². The fourth-order valence-electron chi connectivity index (χ4n) is 4.02. The third-order valence-electron chi connectivity index (χ3n) is 6.17. The third kappa shape index (κ3) is 12.6. The summed E-state index contributed by atoms with van der Waals surface area (Å²) in [5.74, 6) is 0.575. The number of nitrogens with zero attached hydrogens (tertiary/aromatic N) is 1. The lowest BCUT2D eigenvalue weighted by Crippen LogP contribution is -2.06. The largest absolute Gasteiger partial charge is 0.505 e. The number of phenolic OH excluding ortho intramolecular Hbond substituents is 1. The minimum atomic E-state index is -0.119. The Labute approximate surface area is 224 Å². The van der Waals surface area contributed by atoms with Crippen molar-refractivity contribution in [2.75, 3.05) is 11.7 Å². The minimum absolute atomic E-state index is 0.0931. The number of aryl methyl sites for hydroxylation is 1. The molecule has 0 saturated heterocycles. The molecule has 0 heterocycles. The first kappa shape index (κ1) is 30.0. The average Bonchev–Trinajstić information content (AvgIpc) is 2.85. The maximum Gasteiger partial charge on any atom is 0.172 e.